The van der Waals surface area contributed by atoms with Gasteiger partial charge in [0.05, 0.1) is 5.56 Å². The Kier molecular flexibility index (Phi) is 3.91. The molecule has 0 amide bonds. The van der Waals surface area contributed by atoms with Crippen LogP contribution in [0.1, 0.15) is 68.1 Å². The molecule has 5 saturated carbocycles. The third kappa shape index (κ3) is 2.66. The van der Waals surface area contributed by atoms with Gasteiger partial charge in [-0.05, 0) is 68.9 Å². The highest BCUT2D eigenvalue weighted by Crippen LogP contribution is 2.63. The van der Waals surface area contributed by atoms with Gasteiger partial charge in [-0.2, -0.15) is 9.78 Å². The molecule has 7 rings (SSSR count). The highest BCUT2D eigenvalue weighted by molar-refractivity contribution is 5.89. The summed E-state index contributed by atoms with van der Waals surface area (Å²) in [7, 11) is 0. The maximum absolute atomic E-state index is 12.3. The zero-order valence-electron chi connectivity index (χ0n) is 16.2. The number of carbonyl (C=O) groups excluding carboxylic acids is 1. The summed E-state index contributed by atoms with van der Waals surface area (Å²) in [4.78, 5) is 24.3. The molecule has 1 aromatic carbocycles. The van der Waals surface area contributed by atoms with Gasteiger partial charge in [0.2, 0.25) is 11.6 Å². The number of benzene rings is 1. The quantitative estimate of drug-likeness (QED) is 0.550. The summed E-state index contributed by atoms with van der Waals surface area (Å²) >= 11 is 0. The molecule has 1 aliphatic heterocycles. The Hall–Kier alpha value is -1.43. The Morgan fingerprint density at radius 1 is 0.893 bits per heavy atom. The van der Waals surface area contributed by atoms with Crippen LogP contribution in [0.2, 0.25) is 0 Å². The second-order valence-corrected chi connectivity index (χ2v) is 9.68. The molecule has 5 heteroatoms. The monoisotopic (exact) mass is 384 g/mol. The number of carbonyl (C=O) groups is 1. The lowest BCUT2D eigenvalue weighted by Crippen LogP contribution is -2.59. The van der Waals surface area contributed by atoms with Gasteiger partial charge in [-0.3, -0.25) is 0 Å². The highest BCUT2D eigenvalue weighted by Gasteiger charge is 2.66. The van der Waals surface area contributed by atoms with E-state index in [2.05, 4.69) is 0 Å². The minimum Gasteiger partial charge on any atom is -0.459 e. The molecule has 0 radical (unpaired) electrons. The van der Waals surface area contributed by atoms with Crippen LogP contribution in [0, 0.1) is 23.7 Å². The third-order valence-corrected chi connectivity index (χ3v) is 7.92. The van der Waals surface area contributed by atoms with Crippen LogP contribution in [-0.4, -0.2) is 23.6 Å². The van der Waals surface area contributed by atoms with Crippen molar-refractivity contribution in [1.82, 2.24) is 0 Å². The van der Waals surface area contributed by atoms with Crippen LogP contribution in [-0.2, 0) is 19.2 Å². The lowest BCUT2D eigenvalue weighted by atomic mass is 9.53. The zero-order valence-corrected chi connectivity index (χ0v) is 16.2. The first kappa shape index (κ1) is 17.4. The van der Waals surface area contributed by atoms with Crippen LogP contribution in [0.3, 0.4) is 0 Å². The van der Waals surface area contributed by atoms with Crippen molar-refractivity contribution in [2.45, 2.75) is 75.5 Å². The molecule has 1 aromatic rings. The Labute approximate surface area is 165 Å². The van der Waals surface area contributed by atoms with Gasteiger partial charge in [-0.15, -0.1) is 0 Å². The number of esters is 1. The van der Waals surface area contributed by atoms with E-state index in [1.807, 2.05) is 18.2 Å². The van der Waals surface area contributed by atoms with E-state index in [0.29, 0.717) is 30.2 Å². The van der Waals surface area contributed by atoms with E-state index < -0.39 is 11.6 Å². The van der Waals surface area contributed by atoms with Crippen LogP contribution in [0.25, 0.3) is 0 Å². The Bertz CT molecular complexity index is 724. The van der Waals surface area contributed by atoms with E-state index in [0.717, 1.165) is 24.7 Å². The molecule has 2 spiro atoms. The first-order valence-electron chi connectivity index (χ1n) is 11.0. The molecule has 6 fully saturated rings. The van der Waals surface area contributed by atoms with Gasteiger partial charge in [0.1, 0.15) is 6.10 Å². The zero-order chi connectivity index (χ0) is 18.8. The average molecular weight is 384 g/mol. The number of rotatable bonds is 2. The summed E-state index contributed by atoms with van der Waals surface area (Å²) < 4.78 is 12.4. The Morgan fingerprint density at radius 2 is 1.54 bits per heavy atom. The second kappa shape index (κ2) is 6.28. The van der Waals surface area contributed by atoms with Gasteiger partial charge in [0, 0.05) is 24.7 Å². The minimum atomic E-state index is -0.648. The number of ether oxygens (including phenoxy) is 2. The first-order chi connectivity index (χ1) is 13.6. The predicted octanol–water partition coefficient (Wildman–Crippen LogP) is 4.61. The molecule has 150 valence electrons. The van der Waals surface area contributed by atoms with E-state index in [-0.39, 0.29) is 12.1 Å². The van der Waals surface area contributed by atoms with E-state index >= 15 is 0 Å². The van der Waals surface area contributed by atoms with Crippen LogP contribution in [0.4, 0.5) is 0 Å². The lowest BCUT2D eigenvalue weighted by molar-refractivity contribution is -0.390. The smallest absolute Gasteiger partial charge is 0.338 e. The highest BCUT2D eigenvalue weighted by atomic mass is 17.3. The molecular weight excluding hydrogens is 356 g/mol. The van der Waals surface area contributed by atoms with E-state index in [1.54, 1.807) is 12.1 Å². The normalized spacial score (nSPS) is 46.4. The van der Waals surface area contributed by atoms with Crippen molar-refractivity contribution in [2.75, 3.05) is 0 Å². The van der Waals surface area contributed by atoms with Crippen LogP contribution in [0.5, 0.6) is 0 Å². The molecule has 0 atom stereocenters. The van der Waals surface area contributed by atoms with E-state index in [4.69, 9.17) is 19.2 Å². The van der Waals surface area contributed by atoms with Crippen molar-refractivity contribution in [2.24, 2.45) is 23.7 Å². The topological polar surface area (TPSA) is 54.0 Å². The summed E-state index contributed by atoms with van der Waals surface area (Å²) in [6.45, 7) is 0. The molecule has 1 saturated heterocycles. The van der Waals surface area contributed by atoms with Crippen molar-refractivity contribution in [1.29, 1.82) is 0 Å². The lowest BCUT2D eigenvalue weighted by Gasteiger charge is -2.57. The molecule has 1 heterocycles. The fraction of sp³-hybridized carbons (Fsp3) is 0.696. The van der Waals surface area contributed by atoms with E-state index in [9.17, 15) is 4.79 Å². The molecule has 4 bridgehead atoms. The van der Waals surface area contributed by atoms with Gasteiger partial charge in [0.15, 0.2) is 0 Å². The van der Waals surface area contributed by atoms with Gasteiger partial charge in [-0.1, -0.05) is 18.2 Å². The minimum absolute atomic E-state index is 0.0828. The third-order valence-electron chi connectivity index (χ3n) is 7.92. The molecular formula is C23H28O5. The average Bonchev–Trinajstić information content (AvgIpc) is 3.08. The maximum Gasteiger partial charge on any atom is 0.338 e. The number of hydrogen-bond donors (Lipinski definition) is 0. The summed E-state index contributed by atoms with van der Waals surface area (Å²) in [5, 5.41) is 0. The van der Waals surface area contributed by atoms with Gasteiger partial charge in [-0.25, -0.2) is 4.79 Å². The van der Waals surface area contributed by atoms with Gasteiger partial charge < -0.3 is 9.47 Å². The van der Waals surface area contributed by atoms with E-state index in [1.165, 1.54) is 32.1 Å². The van der Waals surface area contributed by atoms with Crippen molar-refractivity contribution in [3.8, 4) is 0 Å². The number of hydrogen-bond acceptors (Lipinski definition) is 5. The molecule has 0 unspecified atom stereocenters. The summed E-state index contributed by atoms with van der Waals surface area (Å²) in [6.07, 6.45) is 9.16. The fourth-order valence-corrected chi connectivity index (χ4v) is 6.74. The first-order valence-corrected chi connectivity index (χ1v) is 11.0. The summed E-state index contributed by atoms with van der Waals surface area (Å²) in [5.74, 6) is 1.29. The second-order valence-electron chi connectivity index (χ2n) is 9.68. The Morgan fingerprint density at radius 3 is 2.18 bits per heavy atom. The summed E-state index contributed by atoms with van der Waals surface area (Å²) in [6, 6.07) is 9.19. The maximum atomic E-state index is 12.3. The van der Waals surface area contributed by atoms with Crippen LogP contribution < -0.4 is 0 Å². The van der Waals surface area contributed by atoms with Crippen LogP contribution >= 0.6 is 0 Å². The van der Waals surface area contributed by atoms with Crippen molar-refractivity contribution in [3.63, 3.8) is 0 Å². The molecule has 0 aromatic heterocycles. The molecule has 5 aliphatic carbocycles. The molecule has 0 N–H and O–H groups in total. The van der Waals surface area contributed by atoms with Gasteiger partial charge >= 0.3 is 5.97 Å². The SMILES string of the molecule is O=C(OC1CCC2(CC1)OOC1(O2)C2CC3CC(C2)CC1C3)c1ccccc1. The molecule has 6 aliphatic rings. The van der Waals surface area contributed by atoms with Gasteiger partial charge in [0.25, 0.3) is 0 Å². The van der Waals surface area contributed by atoms with Crippen molar-refractivity contribution >= 4 is 5.97 Å². The van der Waals surface area contributed by atoms with Crippen molar-refractivity contribution < 1.29 is 24.0 Å². The Balaban J connectivity index is 1.11. The fourth-order valence-electron chi connectivity index (χ4n) is 6.74. The predicted molar refractivity (Wildman–Crippen MR) is 99.9 cm³/mol. The standard InChI is InChI=1S/C23H28O5/c24-21(17-4-2-1-3-5-17)25-20-6-8-22(9-7-20)26-23(28-27-22)18-11-15-10-16(13-18)14-19(23)12-15/h1-5,15-16,18-20H,6-14H2. The largest absolute Gasteiger partial charge is 0.459 e. The molecule has 28 heavy (non-hydrogen) atoms. The molecule has 5 nitrogen and oxygen atoms in total. The van der Waals surface area contributed by atoms with Crippen molar-refractivity contribution in [3.05, 3.63) is 35.9 Å². The van der Waals surface area contributed by atoms with Crippen LogP contribution in [0.15, 0.2) is 30.3 Å². The summed E-state index contributed by atoms with van der Waals surface area (Å²) in [5.41, 5.74) is 0.604.